The smallest absolute Gasteiger partial charge is 0.340 e. The summed E-state index contributed by atoms with van der Waals surface area (Å²) in [5.74, 6) is -0.715. The van der Waals surface area contributed by atoms with Crippen LogP contribution in [0, 0.1) is 0 Å². The van der Waals surface area contributed by atoms with Crippen LogP contribution in [0.5, 0.6) is 0 Å². The summed E-state index contributed by atoms with van der Waals surface area (Å²) in [6, 6.07) is 0. The molecule has 0 aromatic carbocycles. The van der Waals surface area contributed by atoms with Gasteiger partial charge >= 0.3 is 5.97 Å². The molecule has 0 aliphatic carbocycles. The maximum Gasteiger partial charge on any atom is 0.340 e. The lowest BCUT2D eigenvalue weighted by molar-refractivity contribution is -0.190. The topological polar surface area (TPSA) is 66.8 Å². The van der Waals surface area contributed by atoms with Gasteiger partial charge in [0.25, 0.3) is 0 Å². The van der Waals surface area contributed by atoms with Crippen LogP contribution >= 0.6 is 0 Å². The maximum atomic E-state index is 11.5. The summed E-state index contributed by atoms with van der Waals surface area (Å²) in [4.78, 5) is 11.5. The summed E-state index contributed by atoms with van der Waals surface area (Å²) in [6.45, 7) is 5.49. The first-order valence-corrected chi connectivity index (χ1v) is 5.61. The fraction of sp³-hybridized carbons (Fsp3) is 0.909. The van der Waals surface area contributed by atoms with E-state index in [9.17, 15) is 15.0 Å². The highest BCUT2D eigenvalue weighted by Crippen LogP contribution is 2.20. The fourth-order valence-corrected chi connectivity index (χ4v) is 1.38. The summed E-state index contributed by atoms with van der Waals surface area (Å²) >= 11 is 0. The van der Waals surface area contributed by atoms with Crippen LogP contribution in [0.2, 0.25) is 0 Å². The number of carbonyl (C=O) groups is 1. The normalized spacial score (nSPS) is 16.9. The molecule has 2 N–H and O–H groups in total. The predicted molar refractivity (Wildman–Crippen MR) is 57.2 cm³/mol. The van der Waals surface area contributed by atoms with E-state index in [0.29, 0.717) is 25.7 Å². The van der Waals surface area contributed by atoms with Gasteiger partial charge < -0.3 is 14.9 Å². The Kier molecular flexibility index (Phi) is 6.52. The molecule has 0 aliphatic rings. The van der Waals surface area contributed by atoms with Crippen molar-refractivity contribution in [2.24, 2.45) is 0 Å². The summed E-state index contributed by atoms with van der Waals surface area (Å²) in [6.07, 6.45) is 1.39. The zero-order valence-electron chi connectivity index (χ0n) is 9.82. The Bertz CT molecular complexity index is 193. The Morgan fingerprint density at radius 1 is 1.33 bits per heavy atom. The van der Waals surface area contributed by atoms with Crippen LogP contribution in [0.25, 0.3) is 0 Å². The maximum absolute atomic E-state index is 11.5. The van der Waals surface area contributed by atoms with E-state index < -0.39 is 17.9 Å². The molecule has 0 spiro atoms. The number of carbonyl (C=O) groups excluding carboxylic acids is 1. The second-order valence-corrected chi connectivity index (χ2v) is 3.78. The Labute approximate surface area is 91.3 Å². The van der Waals surface area contributed by atoms with Crippen LogP contribution < -0.4 is 0 Å². The highest BCUT2D eigenvalue weighted by Gasteiger charge is 2.35. The van der Waals surface area contributed by atoms with Gasteiger partial charge in [0.05, 0.1) is 0 Å². The molecule has 15 heavy (non-hydrogen) atoms. The number of rotatable bonds is 7. The molecular formula is C11H22O4. The molecule has 0 rings (SSSR count). The first-order chi connectivity index (χ1) is 7.00. The van der Waals surface area contributed by atoms with Gasteiger partial charge in [-0.1, -0.05) is 33.6 Å². The summed E-state index contributed by atoms with van der Waals surface area (Å²) in [7, 11) is 0. The van der Waals surface area contributed by atoms with Crippen molar-refractivity contribution in [2.45, 2.75) is 64.8 Å². The molecule has 0 unspecified atom stereocenters. The largest absolute Gasteiger partial charge is 0.434 e. The highest BCUT2D eigenvalue weighted by atomic mass is 16.6. The minimum atomic E-state index is -1.44. The highest BCUT2D eigenvalue weighted by molar-refractivity contribution is 5.79. The fourth-order valence-electron chi connectivity index (χ4n) is 1.38. The first-order valence-electron chi connectivity index (χ1n) is 5.61. The van der Waals surface area contributed by atoms with Crippen molar-refractivity contribution in [3.63, 3.8) is 0 Å². The van der Waals surface area contributed by atoms with Gasteiger partial charge in [0.1, 0.15) is 0 Å². The molecule has 0 aliphatic heterocycles. The quantitative estimate of drug-likeness (QED) is 0.503. The third kappa shape index (κ3) is 4.62. The predicted octanol–water partition coefficient (Wildman–Crippen LogP) is 1.59. The van der Waals surface area contributed by atoms with Gasteiger partial charge in [-0.05, 0) is 12.8 Å². The molecule has 0 fully saturated rings. The molecule has 4 nitrogen and oxygen atoms in total. The van der Waals surface area contributed by atoms with Crippen LogP contribution in [0.3, 0.4) is 0 Å². The lowest BCUT2D eigenvalue weighted by atomic mass is 9.95. The van der Waals surface area contributed by atoms with Crippen molar-refractivity contribution >= 4 is 5.97 Å². The molecule has 0 radical (unpaired) electrons. The SMILES string of the molecule is CCC[C@H](O)OC(=O)[C@@](O)(CC)CCC. The number of ether oxygens (including phenoxy) is 1. The van der Waals surface area contributed by atoms with E-state index in [1.54, 1.807) is 6.92 Å². The van der Waals surface area contributed by atoms with E-state index in [4.69, 9.17) is 4.74 Å². The van der Waals surface area contributed by atoms with Crippen LogP contribution in [-0.4, -0.2) is 28.1 Å². The Morgan fingerprint density at radius 3 is 2.33 bits per heavy atom. The van der Waals surface area contributed by atoms with E-state index in [1.807, 2.05) is 13.8 Å². The van der Waals surface area contributed by atoms with Crippen LogP contribution in [-0.2, 0) is 9.53 Å². The zero-order valence-corrected chi connectivity index (χ0v) is 9.82. The molecule has 0 heterocycles. The summed E-state index contributed by atoms with van der Waals surface area (Å²) in [5, 5.41) is 19.2. The van der Waals surface area contributed by atoms with E-state index in [1.165, 1.54) is 0 Å². The van der Waals surface area contributed by atoms with E-state index in [2.05, 4.69) is 0 Å². The number of hydrogen-bond acceptors (Lipinski definition) is 4. The average molecular weight is 218 g/mol. The molecule has 2 atom stereocenters. The number of hydrogen-bond donors (Lipinski definition) is 2. The van der Waals surface area contributed by atoms with Crippen molar-refractivity contribution in [2.75, 3.05) is 0 Å². The molecule has 0 amide bonds. The first kappa shape index (κ1) is 14.4. The monoisotopic (exact) mass is 218 g/mol. The van der Waals surface area contributed by atoms with E-state index in [0.717, 1.165) is 6.42 Å². The van der Waals surface area contributed by atoms with Gasteiger partial charge in [0, 0.05) is 6.42 Å². The molecule has 0 aromatic heterocycles. The minimum absolute atomic E-state index is 0.304. The molecule has 0 saturated heterocycles. The second-order valence-electron chi connectivity index (χ2n) is 3.78. The average Bonchev–Trinajstić information content (AvgIpc) is 2.18. The molecule has 90 valence electrons. The van der Waals surface area contributed by atoms with Gasteiger partial charge in [-0.25, -0.2) is 4.79 Å². The number of aliphatic hydroxyl groups excluding tert-OH is 1. The standard InChI is InChI=1S/C11H22O4/c1-4-7-9(12)15-10(13)11(14,6-3)8-5-2/h9,12,14H,4-8H2,1-3H3/t9-,11-/m1/s1. The summed E-state index contributed by atoms with van der Waals surface area (Å²) < 4.78 is 4.77. The molecule has 0 saturated carbocycles. The van der Waals surface area contributed by atoms with Crippen LogP contribution in [0.1, 0.15) is 52.9 Å². The number of aliphatic hydroxyl groups is 2. The Morgan fingerprint density at radius 2 is 1.93 bits per heavy atom. The van der Waals surface area contributed by atoms with Gasteiger partial charge in [-0.3, -0.25) is 0 Å². The minimum Gasteiger partial charge on any atom is -0.434 e. The third-order valence-electron chi connectivity index (χ3n) is 2.41. The van der Waals surface area contributed by atoms with Crippen LogP contribution in [0.15, 0.2) is 0 Å². The molecule has 4 heteroatoms. The van der Waals surface area contributed by atoms with Gasteiger partial charge in [-0.2, -0.15) is 0 Å². The second kappa shape index (κ2) is 6.80. The van der Waals surface area contributed by atoms with Gasteiger partial charge in [-0.15, -0.1) is 0 Å². The van der Waals surface area contributed by atoms with Crippen molar-refractivity contribution in [1.29, 1.82) is 0 Å². The zero-order chi connectivity index (χ0) is 11.9. The van der Waals surface area contributed by atoms with Crippen molar-refractivity contribution in [3.8, 4) is 0 Å². The third-order valence-corrected chi connectivity index (χ3v) is 2.41. The Balaban J connectivity index is 4.26. The van der Waals surface area contributed by atoms with E-state index in [-0.39, 0.29) is 0 Å². The van der Waals surface area contributed by atoms with Crippen molar-refractivity contribution in [1.82, 2.24) is 0 Å². The van der Waals surface area contributed by atoms with Crippen LogP contribution in [0.4, 0.5) is 0 Å². The lowest BCUT2D eigenvalue weighted by Crippen LogP contribution is -2.41. The molecule has 0 bridgehead atoms. The van der Waals surface area contributed by atoms with Gasteiger partial charge in [0.15, 0.2) is 5.60 Å². The van der Waals surface area contributed by atoms with Crippen molar-refractivity contribution < 1.29 is 19.7 Å². The van der Waals surface area contributed by atoms with Gasteiger partial charge in [0.2, 0.25) is 6.29 Å². The molecule has 0 aromatic rings. The van der Waals surface area contributed by atoms with Crippen molar-refractivity contribution in [3.05, 3.63) is 0 Å². The lowest BCUT2D eigenvalue weighted by Gasteiger charge is -2.25. The van der Waals surface area contributed by atoms with E-state index >= 15 is 0 Å². The molecular weight excluding hydrogens is 196 g/mol. The number of esters is 1. The Hall–Kier alpha value is -0.610. The summed E-state index contributed by atoms with van der Waals surface area (Å²) in [5.41, 5.74) is -1.44.